The van der Waals surface area contributed by atoms with E-state index in [0.717, 1.165) is 31.2 Å². The number of aliphatic hydroxyl groups is 1. The van der Waals surface area contributed by atoms with Crippen LogP contribution in [0.5, 0.6) is 0 Å². The van der Waals surface area contributed by atoms with E-state index in [1.807, 2.05) is 12.1 Å². The summed E-state index contributed by atoms with van der Waals surface area (Å²) >= 11 is 0. The van der Waals surface area contributed by atoms with Crippen LogP contribution in [0.15, 0.2) is 29.0 Å². The molecule has 100 valence electrons. The second-order valence-electron chi connectivity index (χ2n) is 5.10. The molecule has 1 aliphatic rings. The van der Waals surface area contributed by atoms with E-state index >= 15 is 0 Å². The number of aliphatic hydroxyl groups excluding tert-OH is 1. The van der Waals surface area contributed by atoms with Gasteiger partial charge in [-0.3, -0.25) is 4.98 Å². The Morgan fingerprint density at radius 2 is 2.11 bits per heavy atom. The average Bonchev–Trinajstić information content (AvgIpc) is 2.98. The third-order valence-corrected chi connectivity index (χ3v) is 3.77. The van der Waals surface area contributed by atoms with E-state index in [-0.39, 0.29) is 12.5 Å². The van der Waals surface area contributed by atoms with E-state index in [1.165, 1.54) is 0 Å². The lowest BCUT2D eigenvalue weighted by molar-refractivity contribution is 0.169. The van der Waals surface area contributed by atoms with Gasteiger partial charge in [0.25, 0.3) is 0 Å². The van der Waals surface area contributed by atoms with Gasteiger partial charge in [0, 0.05) is 30.5 Å². The van der Waals surface area contributed by atoms with Crippen molar-refractivity contribution in [3.05, 3.63) is 30.4 Å². The zero-order chi connectivity index (χ0) is 13.1. The number of hydrogen-bond acceptors (Lipinski definition) is 5. The van der Waals surface area contributed by atoms with E-state index in [9.17, 15) is 5.11 Å². The van der Waals surface area contributed by atoms with Gasteiger partial charge in [0.15, 0.2) is 0 Å². The van der Waals surface area contributed by atoms with Crippen LogP contribution in [0.4, 0.5) is 0 Å². The zero-order valence-electron chi connectivity index (χ0n) is 10.7. The second kappa shape index (κ2) is 5.48. The van der Waals surface area contributed by atoms with Crippen molar-refractivity contribution >= 4 is 0 Å². The largest absolute Gasteiger partial charge is 0.396 e. The molecule has 2 aromatic rings. The van der Waals surface area contributed by atoms with Crippen LogP contribution in [0, 0.1) is 5.92 Å². The van der Waals surface area contributed by atoms with Crippen molar-refractivity contribution in [2.45, 2.75) is 31.6 Å². The third kappa shape index (κ3) is 2.66. The van der Waals surface area contributed by atoms with E-state index in [1.54, 1.807) is 12.4 Å². The Kier molecular flexibility index (Phi) is 3.55. The summed E-state index contributed by atoms with van der Waals surface area (Å²) in [7, 11) is 0. The number of hydrogen-bond donors (Lipinski definition) is 1. The maximum absolute atomic E-state index is 9.27. The van der Waals surface area contributed by atoms with Crippen molar-refractivity contribution in [1.82, 2.24) is 15.1 Å². The minimum Gasteiger partial charge on any atom is -0.396 e. The summed E-state index contributed by atoms with van der Waals surface area (Å²) in [4.78, 5) is 8.46. The van der Waals surface area contributed by atoms with E-state index in [2.05, 4.69) is 15.1 Å². The molecule has 2 aromatic heterocycles. The first-order valence-electron chi connectivity index (χ1n) is 6.71. The molecule has 0 saturated heterocycles. The van der Waals surface area contributed by atoms with Gasteiger partial charge in [-0.15, -0.1) is 0 Å². The summed E-state index contributed by atoms with van der Waals surface area (Å²) in [5.74, 6) is 1.97. The lowest BCUT2D eigenvalue weighted by Gasteiger charge is -2.25. The van der Waals surface area contributed by atoms with Crippen LogP contribution < -0.4 is 0 Å². The first-order chi connectivity index (χ1) is 9.36. The van der Waals surface area contributed by atoms with Gasteiger partial charge in [-0.2, -0.15) is 4.98 Å². The van der Waals surface area contributed by atoms with Gasteiger partial charge in [0.2, 0.25) is 11.7 Å². The quantitative estimate of drug-likeness (QED) is 0.916. The van der Waals surface area contributed by atoms with E-state index in [0.29, 0.717) is 17.6 Å². The summed E-state index contributed by atoms with van der Waals surface area (Å²) in [5.41, 5.74) is 0.916. The van der Waals surface area contributed by atoms with Gasteiger partial charge in [0.1, 0.15) is 0 Å². The van der Waals surface area contributed by atoms with Gasteiger partial charge in [-0.25, -0.2) is 0 Å². The van der Waals surface area contributed by atoms with Crippen LogP contribution in [-0.2, 0) is 0 Å². The van der Waals surface area contributed by atoms with Gasteiger partial charge >= 0.3 is 0 Å². The number of nitrogens with zero attached hydrogens (tertiary/aromatic N) is 3. The van der Waals surface area contributed by atoms with Crippen LogP contribution in [0.3, 0.4) is 0 Å². The summed E-state index contributed by atoms with van der Waals surface area (Å²) in [6, 6.07) is 3.73. The normalized spacial score (nSPS) is 23.4. The van der Waals surface area contributed by atoms with Gasteiger partial charge in [-0.05, 0) is 37.3 Å². The molecule has 0 radical (unpaired) electrons. The lowest BCUT2D eigenvalue weighted by Crippen LogP contribution is -2.17. The molecule has 0 aromatic carbocycles. The summed E-state index contributed by atoms with van der Waals surface area (Å²) in [6.07, 6.45) is 7.64. The molecule has 0 aliphatic heterocycles. The summed E-state index contributed by atoms with van der Waals surface area (Å²) in [5, 5.41) is 13.3. The highest BCUT2D eigenvalue weighted by atomic mass is 16.5. The molecular formula is C14H17N3O2. The Morgan fingerprint density at radius 3 is 2.89 bits per heavy atom. The Morgan fingerprint density at radius 1 is 1.26 bits per heavy atom. The molecule has 0 amide bonds. The maximum Gasteiger partial charge on any atom is 0.230 e. The highest BCUT2D eigenvalue weighted by Crippen LogP contribution is 2.35. The lowest BCUT2D eigenvalue weighted by atomic mass is 9.82. The smallest absolute Gasteiger partial charge is 0.230 e. The van der Waals surface area contributed by atoms with Gasteiger partial charge in [-0.1, -0.05) is 11.6 Å². The molecule has 19 heavy (non-hydrogen) atoms. The molecule has 5 heteroatoms. The first-order valence-corrected chi connectivity index (χ1v) is 6.71. The predicted molar refractivity (Wildman–Crippen MR) is 69.3 cm³/mol. The van der Waals surface area contributed by atoms with Gasteiger partial charge in [0.05, 0.1) is 0 Å². The molecule has 2 unspecified atom stereocenters. The molecule has 0 bridgehead atoms. The zero-order valence-corrected chi connectivity index (χ0v) is 10.7. The minimum absolute atomic E-state index is 0.252. The fraction of sp³-hybridized carbons (Fsp3) is 0.500. The van der Waals surface area contributed by atoms with Crippen molar-refractivity contribution in [1.29, 1.82) is 0 Å². The predicted octanol–water partition coefficient (Wildman–Crippen LogP) is 2.40. The van der Waals surface area contributed by atoms with Crippen LogP contribution in [0.2, 0.25) is 0 Å². The number of pyridine rings is 1. The van der Waals surface area contributed by atoms with Crippen molar-refractivity contribution < 1.29 is 9.63 Å². The van der Waals surface area contributed by atoms with Crippen LogP contribution in [-0.4, -0.2) is 26.8 Å². The Balaban J connectivity index is 1.78. The molecular weight excluding hydrogens is 242 g/mol. The Hall–Kier alpha value is -1.75. The summed E-state index contributed by atoms with van der Waals surface area (Å²) in [6.45, 7) is 0.252. The first kappa shape index (κ1) is 12.3. The molecule has 2 heterocycles. The molecule has 1 fully saturated rings. The highest BCUT2D eigenvalue weighted by Gasteiger charge is 2.27. The monoisotopic (exact) mass is 259 g/mol. The minimum atomic E-state index is 0.252. The molecule has 5 nitrogen and oxygen atoms in total. The van der Waals surface area contributed by atoms with Crippen LogP contribution in [0.1, 0.15) is 37.5 Å². The third-order valence-electron chi connectivity index (χ3n) is 3.77. The highest BCUT2D eigenvalue weighted by molar-refractivity contribution is 5.52. The maximum atomic E-state index is 9.27. The van der Waals surface area contributed by atoms with Crippen molar-refractivity contribution in [3.8, 4) is 11.4 Å². The van der Waals surface area contributed by atoms with Crippen LogP contribution in [0.25, 0.3) is 11.4 Å². The molecule has 1 aliphatic carbocycles. The summed E-state index contributed by atoms with van der Waals surface area (Å²) < 4.78 is 5.39. The molecule has 1 N–H and O–H groups in total. The molecule has 0 spiro atoms. The standard InChI is InChI=1S/C14H17N3O2/c18-9-10-2-1-3-12(8-10)14-16-13(17-19-14)11-4-6-15-7-5-11/h4-7,10,12,18H,1-3,8-9H2. The van der Waals surface area contributed by atoms with Crippen LogP contribution >= 0.6 is 0 Å². The van der Waals surface area contributed by atoms with Crippen molar-refractivity contribution in [2.24, 2.45) is 5.92 Å². The Bertz CT molecular complexity index is 526. The average molecular weight is 259 g/mol. The van der Waals surface area contributed by atoms with E-state index < -0.39 is 0 Å². The topological polar surface area (TPSA) is 72.0 Å². The second-order valence-corrected chi connectivity index (χ2v) is 5.10. The fourth-order valence-corrected chi connectivity index (χ4v) is 2.70. The van der Waals surface area contributed by atoms with Gasteiger partial charge < -0.3 is 9.63 Å². The number of aromatic nitrogens is 3. The SMILES string of the molecule is OCC1CCCC(c2nc(-c3ccncc3)no2)C1. The molecule has 3 rings (SSSR count). The van der Waals surface area contributed by atoms with Crippen molar-refractivity contribution in [2.75, 3.05) is 6.61 Å². The number of rotatable bonds is 3. The molecule has 2 atom stereocenters. The Labute approximate surface area is 111 Å². The van der Waals surface area contributed by atoms with E-state index in [4.69, 9.17) is 4.52 Å². The molecule has 1 saturated carbocycles. The van der Waals surface area contributed by atoms with Crippen molar-refractivity contribution in [3.63, 3.8) is 0 Å². The fourth-order valence-electron chi connectivity index (χ4n) is 2.70.